The molecule has 2 aromatic rings. The van der Waals surface area contributed by atoms with E-state index in [0.717, 1.165) is 25.3 Å². The summed E-state index contributed by atoms with van der Waals surface area (Å²) in [5.74, 6) is -0.615. The predicted molar refractivity (Wildman–Crippen MR) is 123 cm³/mol. The van der Waals surface area contributed by atoms with Crippen LogP contribution in [-0.2, 0) is 26.0 Å². The molecule has 9 heteroatoms. The van der Waals surface area contributed by atoms with Gasteiger partial charge in [0.15, 0.2) is 0 Å². The van der Waals surface area contributed by atoms with Crippen LogP contribution < -0.4 is 4.72 Å². The fraction of sp³-hybridized carbons (Fsp3) is 0.480. The number of nitrogens with one attached hydrogen (secondary N) is 1. The van der Waals surface area contributed by atoms with E-state index in [1.807, 2.05) is 30.3 Å². The van der Waals surface area contributed by atoms with Gasteiger partial charge in [-0.05, 0) is 37.3 Å². The first-order chi connectivity index (χ1) is 16.2. The molecular weight excluding hydrogens is 462 g/mol. The van der Waals surface area contributed by atoms with E-state index in [1.54, 1.807) is 23.1 Å². The van der Waals surface area contributed by atoms with Crippen molar-refractivity contribution in [2.24, 2.45) is 5.41 Å². The van der Waals surface area contributed by atoms with E-state index in [4.69, 9.17) is 4.74 Å². The molecule has 6 nitrogen and oxygen atoms in total. The molecule has 182 valence electrons. The van der Waals surface area contributed by atoms with Crippen LogP contribution in [0, 0.1) is 11.2 Å². The standard InChI is InChI=1S/C25H28F2N2O4S/c1-16(26)34(31,32)28-23-20(29(15-25(23)11-12-25)24(30)21-10-13-33-21)14-18-8-5-9-19(22(18)27)17-6-3-2-4-7-17/h2-9,16,20-21,23,28H,10-15H2,1H3/t16-,20-,21?,23+/m0/s1. The molecule has 2 heterocycles. The number of alkyl halides is 1. The van der Waals surface area contributed by atoms with Crippen molar-refractivity contribution in [2.75, 3.05) is 13.2 Å². The van der Waals surface area contributed by atoms with Crippen molar-refractivity contribution < 1.29 is 26.7 Å². The number of rotatable bonds is 7. The second-order valence-electron chi connectivity index (χ2n) is 9.58. The Morgan fingerprint density at radius 1 is 1.21 bits per heavy atom. The lowest BCUT2D eigenvalue weighted by Crippen LogP contribution is -2.53. The number of carbonyl (C=O) groups excluding carboxylic acids is 1. The maximum atomic E-state index is 15.7. The monoisotopic (exact) mass is 490 g/mol. The highest BCUT2D eigenvalue weighted by Gasteiger charge is 2.62. The number of benzene rings is 2. The number of nitrogens with zero attached hydrogens (tertiary/aromatic N) is 1. The first-order valence-electron chi connectivity index (χ1n) is 11.6. The topological polar surface area (TPSA) is 75.7 Å². The largest absolute Gasteiger partial charge is 0.368 e. The number of carbonyl (C=O) groups is 1. The van der Waals surface area contributed by atoms with Crippen LogP contribution in [0.1, 0.15) is 31.7 Å². The Labute approximate surface area is 198 Å². The Morgan fingerprint density at radius 2 is 1.91 bits per heavy atom. The zero-order chi connectivity index (χ0) is 24.1. The van der Waals surface area contributed by atoms with Crippen LogP contribution in [0.15, 0.2) is 48.5 Å². The van der Waals surface area contributed by atoms with Gasteiger partial charge >= 0.3 is 0 Å². The number of ether oxygens (including phenoxy) is 1. The van der Waals surface area contributed by atoms with E-state index < -0.39 is 44.9 Å². The second-order valence-corrected chi connectivity index (χ2v) is 11.6. The summed E-state index contributed by atoms with van der Waals surface area (Å²) in [5.41, 5.74) is -1.01. The number of halogens is 2. The highest BCUT2D eigenvalue weighted by molar-refractivity contribution is 7.89. The van der Waals surface area contributed by atoms with E-state index in [1.165, 1.54) is 0 Å². The SMILES string of the molecule is C[C@@H](F)S(=O)(=O)N[C@@H]1[C@H](Cc2cccc(-c3ccccc3)c2F)N(C(=O)C2CCO2)CC12CC2. The minimum Gasteiger partial charge on any atom is -0.368 e. The minimum atomic E-state index is -4.24. The van der Waals surface area contributed by atoms with Gasteiger partial charge in [-0.25, -0.2) is 21.9 Å². The minimum absolute atomic E-state index is 0.112. The van der Waals surface area contributed by atoms with Gasteiger partial charge in [-0.3, -0.25) is 4.79 Å². The molecule has 2 aliphatic heterocycles. The second kappa shape index (κ2) is 8.70. The number of likely N-dealkylation sites (tertiary alicyclic amines) is 1. The van der Waals surface area contributed by atoms with Crippen molar-refractivity contribution in [1.82, 2.24) is 9.62 Å². The Balaban J connectivity index is 1.51. The number of sulfonamides is 1. The van der Waals surface area contributed by atoms with Gasteiger partial charge in [0, 0.05) is 30.0 Å². The smallest absolute Gasteiger partial charge is 0.252 e. The molecule has 2 aromatic carbocycles. The zero-order valence-corrected chi connectivity index (χ0v) is 19.7. The summed E-state index contributed by atoms with van der Waals surface area (Å²) >= 11 is 0. The maximum Gasteiger partial charge on any atom is 0.252 e. The molecule has 1 spiro atoms. The van der Waals surface area contributed by atoms with Crippen molar-refractivity contribution in [1.29, 1.82) is 0 Å². The molecule has 1 N–H and O–H groups in total. The molecule has 4 atom stereocenters. The van der Waals surface area contributed by atoms with Crippen molar-refractivity contribution in [3.05, 3.63) is 59.9 Å². The van der Waals surface area contributed by atoms with Gasteiger partial charge in [-0.15, -0.1) is 0 Å². The Kier molecular flexibility index (Phi) is 5.98. The molecule has 5 rings (SSSR count). The first-order valence-corrected chi connectivity index (χ1v) is 13.2. The molecular formula is C25H28F2N2O4S. The molecule has 1 unspecified atom stereocenters. The molecule has 2 saturated heterocycles. The van der Waals surface area contributed by atoms with E-state index in [0.29, 0.717) is 30.7 Å². The molecule has 0 bridgehead atoms. The normalized spacial score (nSPS) is 26.3. The van der Waals surface area contributed by atoms with Crippen LogP contribution in [0.25, 0.3) is 11.1 Å². The van der Waals surface area contributed by atoms with Crippen LogP contribution in [0.3, 0.4) is 0 Å². The molecule has 1 saturated carbocycles. The summed E-state index contributed by atoms with van der Waals surface area (Å²) < 4.78 is 62.5. The highest BCUT2D eigenvalue weighted by atomic mass is 32.2. The van der Waals surface area contributed by atoms with Crippen molar-refractivity contribution in [3.8, 4) is 11.1 Å². The van der Waals surface area contributed by atoms with E-state index in [9.17, 15) is 17.6 Å². The third kappa shape index (κ3) is 4.14. The molecule has 34 heavy (non-hydrogen) atoms. The lowest BCUT2D eigenvalue weighted by molar-refractivity contribution is -0.157. The number of hydrogen-bond acceptors (Lipinski definition) is 4. The van der Waals surface area contributed by atoms with Gasteiger partial charge in [-0.2, -0.15) is 0 Å². The van der Waals surface area contributed by atoms with E-state index in [2.05, 4.69) is 4.72 Å². The number of amides is 1. The first kappa shape index (κ1) is 23.4. The maximum absolute atomic E-state index is 15.7. The van der Waals surface area contributed by atoms with Crippen molar-refractivity contribution in [2.45, 2.75) is 56.3 Å². The van der Waals surface area contributed by atoms with Crippen LogP contribution >= 0.6 is 0 Å². The van der Waals surface area contributed by atoms with Crippen LogP contribution in [-0.4, -0.2) is 56.1 Å². The fourth-order valence-corrected chi connectivity index (χ4v) is 6.08. The van der Waals surface area contributed by atoms with Gasteiger partial charge in [-0.1, -0.05) is 48.5 Å². The Morgan fingerprint density at radius 3 is 2.50 bits per heavy atom. The molecule has 3 fully saturated rings. The lowest BCUT2D eigenvalue weighted by Gasteiger charge is -2.34. The van der Waals surface area contributed by atoms with Gasteiger partial charge in [0.25, 0.3) is 5.91 Å². The molecule has 1 aliphatic carbocycles. The van der Waals surface area contributed by atoms with E-state index in [-0.39, 0.29) is 12.3 Å². The fourth-order valence-electron chi connectivity index (χ4n) is 5.14. The molecule has 0 aromatic heterocycles. The van der Waals surface area contributed by atoms with Gasteiger partial charge in [0.1, 0.15) is 11.9 Å². The quantitative estimate of drug-likeness (QED) is 0.646. The van der Waals surface area contributed by atoms with Crippen molar-refractivity contribution >= 4 is 15.9 Å². The summed E-state index contributed by atoms with van der Waals surface area (Å²) in [6.07, 6.45) is 1.60. The lowest BCUT2D eigenvalue weighted by atomic mass is 9.91. The Hall–Kier alpha value is -2.36. The summed E-state index contributed by atoms with van der Waals surface area (Å²) in [6, 6.07) is 12.9. The summed E-state index contributed by atoms with van der Waals surface area (Å²) in [4.78, 5) is 14.9. The van der Waals surface area contributed by atoms with Crippen LogP contribution in [0.5, 0.6) is 0 Å². The predicted octanol–water partition coefficient (Wildman–Crippen LogP) is 3.42. The molecule has 0 radical (unpaired) electrons. The van der Waals surface area contributed by atoms with Crippen LogP contribution in [0.2, 0.25) is 0 Å². The Bertz CT molecular complexity index is 1180. The van der Waals surface area contributed by atoms with Gasteiger partial charge in [0.2, 0.25) is 15.5 Å². The third-order valence-corrected chi connectivity index (χ3v) is 8.83. The average molecular weight is 491 g/mol. The average Bonchev–Trinajstić information content (AvgIpc) is 3.49. The van der Waals surface area contributed by atoms with Crippen molar-refractivity contribution in [3.63, 3.8) is 0 Å². The molecule has 3 aliphatic rings. The third-order valence-electron chi connectivity index (χ3n) is 7.39. The zero-order valence-electron chi connectivity index (χ0n) is 18.9. The van der Waals surface area contributed by atoms with Gasteiger partial charge < -0.3 is 9.64 Å². The summed E-state index contributed by atoms with van der Waals surface area (Å²) in [6.45, 7) is 1.83. The number of hydrogen-bond donors (Lipinski definition) is 1. The highest BCUT2D eigenvalue weighted by Crippen LogP contribution is 2.56. The van der Waals surface area contributed by atoms with Gasteiger partial charge in [0.05, 0.1) is 12.6 Å². The molecule has 1 amide bonds. The van der Waals surface area contributed by atoms with E-state index >= 15 is 4.39 Å². The van der Waals surface area contributed by atoms with Crippen LogP contribution in [0.4, 0.5) is 8.78 Å². The summed E-state index contributed by atoms with van der Waals surface area (Å²) in [7, 11) is -4.24. The summed E-state index contributed by atoms with van der Waals surface area (Å²) in [5, 5.41) is 0.